The van der Waals surface area contributed by atoms with Gasteiger partial charge < -0.3 is 9.47 Å². The lowest BCUT2D eigenvalue weighted by Crippen LogP contribution is -2.41. The minimum absolute atomic E-state index is 0.155. The first kappa shape index (κ1) is 17.8. The molecule has 2 aromatic rings. The Labute approximate surface area is 149 Å². The normalized spacial score (nSPS) is 16.7. The number of fused-ring (bicyclic) bond motifs is 1. The Kier molecular flexibility index (Phi) is 4.75. The Hall–Kier alpha value is -2.05. The van der Waals surface area contributed by atoms with Crippen LogP contribution in [-0.2, 0) is 10.0 Å². The molecular weight excluding hydrogens is 338 g/mol. The fourth-order valence-electron chi connectivity index (χ4n) is 3.02. The average Bonchev–Trinajstić information content (AvgIpc) is 2.58. The standard InChI is InChI=1S/C19H23NO4S/c1-12-9-13(2)15(4)19(14(12)3)25(21,22)20-10-16-11-23-17-7-5-6-8-18(17)24-16/h5-9,16,20H,10-11H2,1-4H3. The van der Waals surface area contributed by atoms with Gasteiger partial charge in [0, 0.05) is 0 Å². The molecule has 0 spiro atoms. The van der Waals surface area contributed by atoms with Crippen molar-refractivity contribution in [3.05, 3.63) is 52.6 Å². The van der Waals surface area contributed by atoms with Crippen LogP contribution in [0, 0.1) is 27.7 Å². The number of nitrogens with one attached hydrogen (secondary N) is 1. The number of aryl methyl sites for hydroxylation is 2. The van der Waals surface area contributed by atoms with E-state index in [9.17, 15) is 8.42 Å². The molecule has 0 radical (unpaired) electrons. The van der Waals surface area contributed by atoms with E-state index in [1.54, 1.807) is 0 Å². The van der Waals surface area contributed by atoms with Crippen molar-refractivity contribution in [2.24, 2.45) is 0 Å². The van der Waals surface area contributed by atoms with Gasteiger partial charge in [-0.1, -0.05) is 18.2 Å². The fraction of sp³-hybridized carbons (Fsp3) is 0.368. The van der Waals surface area contributed by atoms with Crippen LogP contribution < -0.4 is 14.2 Å². The topological polar surface area (TPSA) is 64.6 Å². The molecule has 0 fully saturated rings. The third kappa shape index (κ3) is 3.50. The molecule has 134 valence electrons. The maximum Gasteiger partial charge on any atom is 0.241 e. The van der Waals surface area contributed by atoms with Crippen molar-refractivity contribution in [3.63, 3.8) is 0 Å². The van der Waals surface area contributed by atoms with Crippen molar-refractivity contribution in [2.75, 3.05) is 13.2 Å². The molecule has 1 heterocycles. The second-order valence-corrected chi connectivity index (χ2v) is 8.14. The van der Waals surface area contributed by atoms with Crippen LogP contribution in [0.1, 0.15) is 22.3 Å². The van der Waals surface area contributed by atoms with Crippen LogP contribution in [-0.4, -0.2) is 27.7 Å². The van der Waals surface area contributed by atoms with Crippen LogP contribution >= 0.6 is 0 Å². The Bertz CT molecular complexity index is 880. The largest absolute Gasteiger partial charge is 0.486 e. The van der Waals surface area contributed by atoms with Crippen molar-refractivity contribution in [1.82, 2.24) is 4.72 Å². The summed E-state index contributed by atoms with van der Waals surface area (Å²) in [4.78, 5) is 0.363. The first-order chi connectivity index (χ1) is 11.8. The molecule has 2 aromatic carbocycles. The number of hydrogen-bond donors (Lipinski definition) is 1. The number of ether oxygens (including phenoxy) is 2. The van der Waals surface area contributed by atoms with Crippen molar-refractivity contribution in [1.29, 1.82) is 0 Å². The van der Waals surface area contributed by atoms with Crippen molar-refractivity contribution in [3.8, 4) is 11.5 Å². The molecule has 0 bridgehead atoms. The third-order valence-corrected chi connectivity index (χ3v) is 6.33. The SMILES string of the molecule is Cc1cc(C)c(C)c(S(=O)(=O)NCC2COc3ccccc3O2)c1C. The summed E-state index contributed by atoms with van der Waals surface area (Å²) in [6.07, 6.45) is -0.365. The first-order valence-corrected chi connectivity index (χ1v) is 9.73. The molecule has 1 aliphatic rings. The van der Waals surface area contributed by atoms with E-state index in [0.717, 1.165) is 22.3 Å². The second-order valence-electron chi connectivity index (χ2n) is 6.44. The van der Waals surface area contributed by atoms with E-state index in [-0.39, 0.29) is 12.6 Å². The van der Waals surface area contributed by atoms with Crippen molar-refractivity contribution in [2.45, 2.75) is 38.7 Å². The van der Waals surface area contributed by atoms with Gasteiger partial charge in [0.05, 0.1) is 11.4 Å². The number of benzene rings is 2. The first-order valence-electron chi connectivity index (χ1n) is 8.25. The average molecular weight is 361 g/mol. The predicted molar refractivity (Wildman–Crippen MR) is 96.9 cm³/mol. The molecule has 6 heteroatoms. The zero-order valence-corrected chi connectivity index (χ0v) is 15.7. The van der Waals surface area contributed by atoms with Gasteiger partial charge in [0.15, 0.2) is 11.5 Å². The Balaban J connectivity index is 1.78. The molecule has 1 unspecified atom stereocenters. The van der Waals surface area contributed by atoms with Gasteiger partial charge in [-0.25, -0.2) is 13.1 Å². The summed E-state index contributed by atoms with van der Waals surface area (Å²) < 4.78 is 39.8. The highest BCUT2D eigenvalue weighted by Gasteiger charge is 2.26. The van der Waals surface area contributed by atoms with Gasteiger partial charge in [0.1, 0.15) is 12.7 Å². The van der Waals surface area contributed by atoms with Crippen LogP contribution in [0.25, 0.3) is 0 Å². The molecule has 25 heavy (non-hydrogen) atoms. The molecule has 0 amide bonds. The Morgan fingerprint density at radius 2 is 1.64 bits per heavy atom. The summed E-state index contributed by atoms with van der Waals surface area (Å²) in [6.45, 7) is 8.00. The van der Waals surface area contributed by atoms with Gasteiger partial charge in [-0.05, 0) is 62.1 Å². The van der Waals surface area contributed by atoms with Gasteiger partial charge in [0.25, 0.3) is 0 Å². The van der Waals surface area contributed by atoms with Crippen LogP contribution in [0.5, 0.6) is 11.5 Å². The molecule has 1 atom stereocenters. The maximum atomic E-state index is 12.9. The van der Waals surface area contributed by atoms with Crippen molar-refractivity contribution >= 4 is 10.0 Å². The van der Waals surface area contributed by atoms with Gasteiger partial charge in [-0.2, -0.15) is 0 Å². The summed E-state index contributed by atoms with van der Waals surface area (Å²) in [7, 11) is -3.63. The Morgan fingerprint density at radius 1 is 1.04 bits per heavy atom. The van der Waals surface area contributed by atoms with Crippen LogP contribution in [0.4, 0.5) is 0 Å². The maximum absolute atomic E-state index is 12.9. The second kappa shape index (κ2) is 6.69. The van der Waals surface area contributed by atoms with E-state index in [0.29, 0.717) is 23.0 Å². The van der Waals surface area contributed by atoms with Crippen LogP contribution in [0.3, 0.4) is 0 Å². The summed E-state index contributed by atoms with van der Waals surface area (Å²) >= 11 is 0. The smallest absolute Gasteiger partial charge is 0.241 e. The van der Waals surface area contributed by atoms with E-state index in [4.69, 9.17) is 9.47 Å². The van der Waals surface area contributed by atoms with Gasteiger partial charge in [-0.3, -0.25) is 0 Å². The van der Waals surface area contributed by atoms with Crippen molar-refractivity contribution < 1.29 is 17.9 Å². The lowest BCUT2D eigenvalue weighted by Gasteiger charge is -2.26. The summed E-state index contributed by atoms with van der Waals surface area (Å²) in [5.41, 5.74) is 3.49. The highest BCUT2D eigenvalue weighted by Crippen LogP contribution is 2.31. The molecular formula is C19H23NO4S. The monoisotopic (exact) mass is 361 g/mol. The zero-order valence-electron chi connectivity index (χ0n) is 14.9. The molecule has 0 saturated carbocycles. The van der Waals surface area contributed by atoms with Gasteiger partial charge in [0.2, 0.25) is 10.0 Å². The highest BCUT2D eigenvalue weighted by molar-refractivity contribution is 7.89. The van der Waals surface area contributed by atoms with E-state index in [1.165, 1.54) is 0 Å². The molecule has 0 aliphatic carbocycles. The van der Waals surface area contributed by atoms with E-state index in [1.807, 2.05) is 58.0 Å². The number of para-hydroxylation sites is 2. The third-order valence-electron chi connectivity index (χ3n) is 4.63. The molecule has 3 rings (SSSR count). The lowest BCUT2D eigenvalue weighted by molar-refractivity contribution is 0.0943. The van der Waals surface area contributed by atoms with E-state index < -0.39 is 10.0 Å². The number of hydrogen-bond acceptors (Lipinski definition) is 4. The fourth-order valence-corrected chi connectivity index (χ4v) is 4.70. The highest BCUT2D eigenvalue weighted by atomic mass is 32.2. The minimum atomic E-state index is -3.63. The van der Waals surface area contributed by atoms with Gasteiger partial charge in [-0.15, -0.1) is 0 Å². The quantitative estimate of drug-likeness (QED) is 0.909. The molecule has 1 aliphatic heterocycles. The molecule has 5 nitrogen and oxygen atoms in total. The number of sulfonamides is 1. The van der Waals surface area contributed by atoms with Crippen LogP contribution in [0.15, 0.2) is 35.2 Å². The van der Waals surface area contributed by atoms with Gasteiger partial charge >= 0.3 is 0 Å². The Morgan fingerprint density at radius 3 is 2.28 bits per heavy atom. The number of rotatable bonds is 4. The summed E-state index contributed by atoms with van der Waals surface area (Å²) in [5, 5.41) is 0. The van der Waals surface area contributed by atoms with Crippen LogP contribution in [0.2, 0.25) is 0 Å². The zero-order chi connectivity index (χ0) is 18.2. The summed E-state index contributed by atoms with van der Waals surface area (Å²) in [5.74, 6) is 1.32. The van der Waals surface area contributed by atoms with E-state index in [2.05, 4.69) is 4.72 Å². The molecule has 1 N–H and O–H groups in total. The lowest BCUT2D eigenvalue weighted by atomic mass is 10.0. The molecule has 0 aromatic heterocycles. The van der Waals surface area contributed by atoms with E-state index >= 15 is 0 Å². The summed E-state index contributed by atoms with van der Waals surface area (Å²) in [6, 6.07) is 9.39. The molecule has 0 saturated heterocycles. The minimum Gasteiger partial charge on any atom is -0.486 e. The predicted octanol–water partition coefficient (Wildman–Crippen LogP) is 3.04.